The fourth-order valence-corrected chi connectivity index (χ4v) is 3.30. The zero-order valence-corrected chi connectivity index (χ0v) is 12.4. The van der Waals surface area contributed by atoms with E-state index in [1.165, 1.54) is 0 Å². The van der Waals surface area contributed by atoms with Crippen LogP contribution in [0.15, 0.2) is 18.2 Å². The molecule has 0 aromatic heterocycles. The van der Waals surface area contributed by atoms with Crippen LogP contribution in [-0.2, 0) is 14.8 Å². The summed E-state index contributed by atoms with van der Waals surface area (Å²) in [7, 11) is -3.32. The molecule has 0 bridgehead atoms. The molecule has 3 rings (SSSR count). The molecule has 1 saturated heterocycles. The summed E-state index contributed by atoms with van der Waals surface area (Å²) in [6.07, 6.45) is 1.24. The summed E-state index contributed by atoms with van der Waals surface area (Å²) in [5.74, 6) is 1.14. The number of rotatable bonds is 3. The number of nitrogens with one attached hydrogen (secondary N) is 1. The molecule has 1 N–H and O–H groups in total. The van der Waals surface area contributed by atoms with Crippen molar-refractivity contribution in [2.45, 2.75) is 12.5 Å². The predicted octanol–water partition coefficient (Wildman–Crippen LogP) is 0.112. The molecule has 1 atom stereocenters. The van der Waals surface area contributed by atoms with Gasteiger partial charge in [-0.15, -0.1) is 0 Å². The Balaban J connectivity index is 1.79. The van der Waals surface area contributed by atoms with Gasteiger partial charge in [-0.1, -0.05) is 0 Å². The highest BCUT2D eigenvalue weighted by molar-refractivity contribution is 7.88. The third kappa shape index (κ3) is 3.11. The van der Waals surface area contributed by atoms with Gasteiger partial charge in [-0.25, -0.2) is 13.1 Å². The number of benzene rings is 1. The van der Waals surface area contributed by atoms with Crippen molar-refractivity contribution in [1.29, 1.82) is 0 Å². The normalized spacial score (nSPS) is 21.7. The lowest BCUT2D eigenvalue weighted by Crippen LogP contribution is -2.36. The van der Waals surface area contributed by atoms with Gasteiger partial charge in [0.25, 0.3) is 0 Å². The molecule has 8 heteroatoms. The molecule has 2 aliphatic heterocycles. The Bertz CT molecular complexity index is 673. The fourth-order valence-electron chi connectivity index (χ4n) is 2.54. The Kier molecular flexibility index (Phi) is 3.50. The number of anilines is 1. The summed E-state index contributed by atoms with van der Waals surface area (Å²) >= 11 is 0. The van der Waals surface area contributed by atoms with Gasteiger partial charge in [0.05, 0.1) is 6.26 Å². The maximum absolute atomic E-state index is 12.1. The van der Waals surface area contributed by atoms with Crippen molar-refractivity contribution in [3.63, 3.8) is 0 Å². The van der Waals surface area contributed by atoms with E-state index >= 15 is 0 Å². The lowest BCUT2D eigenvalue weighted by atomic mass is 10.2. The van der Waals surface area contributed by atoms with Crippen LogP contribution < -0.4 is 19.1 Å². The second kappa shape index (κ2) is 5.19. The topological polar surface area (TPSA) is 84.9 Å². The second-order valence-corrected chi connectivity index (χ2v) is 6.90. The average Bonchev–Trinajstić information content (AvgIpc) is 2.76. The molecule has 2 heterocycles. The van der Waals surface area contributed by atoms with Crippen LogP contribution in [0.4, 0.5) is 5.69 Å². The Morgan fingerprint density at radius 3 is 2.67 bits per heavy atom. The standard InChI is InChI=1S/C13H16N2O5S/c1-21(17,18)14-9-6-13(16)15(8-9)10-2-3-11-12(7-10)20-5-4-19-11/h2-3,7,9,14H,4-6,8H2,1H3/t9-/m1/s1. The summed E-state index contributed by atoms with van der Waals surface area (Å²) < 4.78 is 35.9. The minimum atomic E-state index is -3.32. The zero-order chi connectivity index (χ0) is 15.0. The quantitative estimate of drug-likeness (QED) is 0.856. The number of fused-ring (bicyclic) bond motifs is 1. The first-order valence-corrected chi connectivity index (χ1v) is 8.49. The summed E-state index contributed by atoms with van der Waals surface area (Å²) in [4.78, 5) is 13.6. The second-order valence-electron chi connectivity index (χ2n) is 5.12. The molecule has 0 spiro atoms. The van der Waals surface area contributed by atoms with Gasteiger partial charge in [-0.2, -0.15) is 0 Å². The smallest absolute Gasteiger partial charge is 0.228 e. The van der Waals surface area contributed by atoms with Crippen LogP contribution in [0.5, 0.6) is 11.5 Å². The van der Waals surface area contributed by atoms with Crippen molar-refractivity contribution >= 4 is 21.6 Å². The number of amides is 1. The molecule has 21 heavy (non-hydrogen) atoms. The van der Waals surface area contributed by atoms with Crippen LogP contribution in [0.1, 0.15) is 6.42 Å². The Labute approximate surface area is 122 Å². The van der Waals surface area contributed by atoms with Gasteiger partial charge >= 0.3 is 0 Å². The van der Waals surface area contributed by atoms with Crippen molar-refractivity contribution in [1.82, 2.24) is 4.72 Å². The van der Waals surface area contributed by atoms with Crippen molar-refractivity contribution in [2.75, 3.05) is 30.9 Å². The molecule has 1 aromatic carbocycles. The van der Waals surface area contributed by atoms with E-state index in [-0.39, 0.29) is 12.3 Å². The minimum Gasteiger partial charge on any atom is -0.486 e. The van der Waals surface area contributed by atoms with Crippen molar-refractivity contribution in [3.8, 4) is 11.5 Å². The summed E-state index contributed by atoms with van der Waals surface area (Å²) in [5, 5.41) is 0. The molecule has 0 aliphatic carbocycles. The molecule has 1 aromatic rings. The van der Waals surface area contributed by atoms with Gasteiger partial charge in [0.15, 0.2) is 11.5 Å². The first-order chi connectivity index (χ1) is 9.92. The maximum Gasteiger partial charge on any atom is 0.228 e. The maximum atomic E-state index is 12.1. The first-order valence-electron chi connectivity index (χ1n) is 6.60. The first kappa shape index (κ1) is 14.2. The Hall–Kier alpha value is -1.80. The van der Waals surface area contributed by atoms with Crippen molar-refractivity contribution in [2.24, 2.45) is 0 Å². The van der Waals surface area contributed by atoms with Gasteiger partial charge in [0.2, 0.25) is 15.9 Å². The molecule has 2 aliphatic rings. The van der Waals surface area contributed by atoms with Crippen LogP contribution in [-0.4, -0.2) is 46.4 Å². The number of carbonyl (C=O) groups excluding carboxylic acids is 1. The minimum absolute atomic E-state index is 0.118. The number of sulfonamides is 1. The van der Waals surface area contributed by atoms with Crippen molar-refractivity contribution in [3.05, 3.63) is 18.2 Å². The lowest BCUT2D eigenvalue weighted by molar-refractivity contribution is -0.117. The van der Waals surface area contributed by atoms with Gasteiger partial charge in [0.1, 0.15) is 13.2 Å². The fraction of sp³-hybridized carbons (Fsp3) is 0.462. The van der Waals surface area contributed by atoms with E-state index in [4.69, 9.17) is 9.47 Å². The van der Waals surface area contributed by atoms with E-state index in [9.17, 15) is 13.2 Å². The molecular weight excluding hydrogens is 296 g/mol. The van der Waals surface area contributed by atoms with Gasteiger partial charge in [-0.05, 0) is 12.1 Å². The van der Waals surface area contributed by atoms with Gasteiger partial charge < -0.3 is 14.4 Å². The lowest BCUT2D eigenvalue weighted by Gasteiger charge is -2.22. The monoisotopic (exact) mass is 312 g/mol. The SMILES string of the molecule is CS(=O)(=O)N[C@@H]1CC(=O)N(c2ccc3c(c2)OCCO3)C1. The van der Waals surface area contributed by atoms with Crippen LogP contribution in [0, 0.1) is 0 Å². The highest BCUT2D eigenvalue weighted by Gasteiger charge is 2.32. The van der Waals surface area contributed by atoms with E-state index in [0.29, 0.717) is 36.9 Å². The largest absolute Gasteiger partial charge is 0.486 e. The van der Waals surface area contributed by atoms with E-state index in [1.807, 2.05) is 0 Å². The Morgan fingerprint density at radius 2 is 1.95 bits per heavy atom. The highest BCUT2D eigenvalue weighted by Crippen LogP contribution is 2.35. The summed E-state index contributed by atoms with van der Waals surface area (Å²) in [6.45, 7) is 1.30. The van der Waals surface area contributed by atoms with Crippen LogP contribution in [0.3, 0.4) is 0 Å². The van der Waals surface area contributed by atoms with Crippen LogP contribution in [0.2, 0.25) is 0 Å². The molecular formula is C13H16N2O5S. The number of hydrogen-bond acceptors (Lipinski definition) is 5. The number of hydrogen-bond donors (Lipinski definition) is 1. The van der Waals surface area contributed by atoms with E-state index in [0.717, 1.165) is 6.26 Å². The molecule has 0 saturated carbocycles. The predicted molar refractivity (Wildman–Crippen MR) is 76.2 cm³/mol. The average molecular weight is 312 g/mol. The molecule has 0 radical (unpaired) electrons. The van der Waals surface area contributed by atoms with E-state index in [1.54, 1.807) is 23.1 Å². The third-order valence-electron chi connectivity index (χ3n) is 3.34. The Morgan fingerprint density at radius 1 is 1.24 bits per heavy atom. The van der Waals surface area contributed by atoms with Crippen molar-refractivity contribution < 1.29 is 22.7 Å². The molecule has 1 fully saturated rings. The molecule has 7 nitrogen and oxygen atoms in total. The summed E-state index contributed by atoms with van der Waals surface area (Å²) in [6, 6.07) is 4.87. The number of nitrogens with zero attached hydrogens (tertiary/aromatic N) is 1. The number of ether oxygens (including phenoxy) is 2. The molecule has 0 unspecified atom stereocenters. The van der Waals surface area contributed by atoms with Gasteiger partial charge in [0, 0.05) is 30.8 Å². The van der Waals surface area contributed by atoms with Gasteiger partial charge in [-0.3, -0.25) is 4.79 Å². The molecule has 1 amide bonds. The zero-order valence-electron chi connectivity index (χ0n) is 11.5. The third-order valence-corrected chi connectivity index (χ3v) is 4.10. The highest BCUT2D eigenvalue weighted by atomic mass is 32.2. The van der Waals surface area contributed by atoms with E-state index in [2.05, 4.69) is 4.72 Å². The van der Waals surface area contributed by atoms with Crippen LogP contribution in [0.25, 0.3) is 0 Å². The number of carbonyl (C=O) groups is 1. The summed E-state index contributed by atoms with van der Waals surface area (Å²) in [5.41, 5.74) is 0.682. The molecule has 114 valence electrons. The van der Waals surface area contributed by atoms with Crippen LogP contribution >= 0.6 is 0 Å². The van der Waals surface area contributed by atoms with E-state index < -0.39 is 16.1 Å².